The summed E-state index contributed by atoms with van der Waals surface area (Å²) in [7, 11) is -2.37. The molecule has 0 fully saturated rings. The molecule has 0 bridgehead atoms. The van der Waals surface area contributed by atoms with Gasteiger partial charge in [-0.25, -0.2) is 0 Å². The average Bonchev–Trinajstić information content (AvgIpc) is 3.51. The minimum Gasteiger partial charge on any atom is -0.311 e. The lowest BCUT2D eigenvalue weighted by atomic mass is 10.0. The zero-order chi connectivity index (χ0) is 45.2. The minimum atomic E-state index is -2.37. The van der Waals surface area contributed by atoms with Crippen molar-refractivity contribution in [2.24, 2.45) is 0 Å². The molecule has 0 aliphatic carbocycles. The van der Waals surface area contributed by atoms with E-state index >= 15 is 0 Å². The first-order valence-corrected chi connectivity index (χ1v) is 26.2. The Bertz CT molecular complexity index is 2920. The van der Waals surface area contributed by atoms with Crippen LogP contribution in [0, 0.1) is 0 Å². The Morgan fingerprint density at radius 1 is 0.239 bits per heavy atom. The number of nitrogens with zero attached hydrogens (tertiary/aromatic N) is 2. The molecule has 1 aliphatic heterocycles. The maximum Gasteiger partial charge on any atom is 0.113 e. The van der Waals surface area contributed by atoms with Gasteiger partial charge in [-0.3, -0.25) is 0 Å². The van der Waals surface area contributed by atoms with Gasteiger partial charge in [-0.15, -0.1) is 0 Å². The molecule has 0 saturated carbocycles. The van der Waals surface area contributed by atoms with E-state index in [0.29, 0.717) is 0 Å². The number of hydrogen-bond donors (Lipinski definition) is 0. The summed E-state index contributed by atoms with van der Waals surface area (Å²) in [6.45, 7) is 5.04. The smallest absolute Gasteiger partial charge is 0.113 e. The van der Waals surface area contributed by atoms with E-state index in [0.717, 1.165) is 34.1 Å². The highest BCUT2D eigenvalue weighted by Gasteiger charge is 2.33. The normalized spacial score (nSPS) is 12.4. The first-order valence-electron chi connectivity index (χ1n) is 23.2. The van der Waals surface area contributed by atoms with Crippen LogP contribution in [-0.2, 0) is 0 Å². The van der Waals surface area contributed by atoms with Gasteiger partial charge in [0.25, 0.3) is 0 Å². The highest BCUT2D eigenvalue weighted by atomic mass is 28.3. The number of anilines is 6. The van der Waals surface area contributed by atoms with E-state index in [1.54, 1.807) is 0 Å². The van der Waals surface area contributed by atoms with E-state index in [9.17, 15) is 0 Å². The van der Waals surface area contributed by atoms with Crippen LogP contribution in [0.25, 0.3) is 56.7 Å². The Kier molecular flexibility index (Phi) is 11.1. The van der Waals surface area contributed by atoms with Crippen molar-refractivity contribution in [1.29, 1.82) is 0 Å². The van der Waals surface area contributed by atoms with Crippen LogP contribution in [0.3, 0.4) is 0 Å². The van der Waals surface area contributed by atoms with Crippen LogP contribution in [0.1, 0.15) is 11.1 Å². The second-order valence-corrected chi connectivity index (χ2v) is 22.2. The number of rotatable bonds is 10. The summed E-state index contributed by atoms with van der Waals surface area (Å²) in [6.07, 6.45) is 4.66. The molecule has 3 heteroatoms. The molecule has 10 aromatic rings. The van der Waals surface area contributed by atoms with Gasteiger partial charge in [-0.05, 0) is 139 Å². The van der Waals surface area contributed by atoms with Gasteiger partial charge >= 0.3 is 0 Å². The first-order chi connectivity index (χ1) is 33.0. The summed E-state index contributed by atoms with van der Waals surface area (Å²) < 4.78 is 0. The highest BCUT2D eigenvalue weighted by molar-refractivity contribution is 7.01. The standard InChI is InChI=1S/C64H50N2Si/c1-67(2)63-45-61(65(57-35-25-51(26-36-57)47-15-7-3-8-16-47)58-37-27-52(28-38-58)48-17-9-4-10-18-48)43-33-55(63)23-24-56-34-44-62(46-64(56)67)66(59-39-29-53(30-40-59)49-19-11-5-12-20-49)60-41-31-54(32-42-60)50-21-13-6-14-22-50/h3-46H,1-2H3. The monoisotopic (exact) mass is 874 g/mol. The Hall–Kier alpha value is -8.24. The minimum absolute atomic E-state index is 1.12. The molecule has 0 spiro atoms. The highest BCUT2D eigenvalue weighted by Crippen LogP contribution is 2.40. The van der Waals surface area contributed by atoms with Crippen molar-refractivity contribution in [3.8, 4) is 44.5 Å². The van der Waals surface area contributed by atoms with E-state index in [-0.39, 0.29) is 0 Å². The zero-order valence-electron chi connectivity index (χ0n) is 37.8. The van der Waals surface area contributed by atoms with Gasteiger partial charge in [0.1, 0.15) is 8.07 Å². The molecule has 67 heavy (non-hydrogen) atoms. The van der Waals surface area contributed by atoms with Crippen molar-refractivity contribution in [1.82, 2.24) is 0 Å². The molecule has 11 rings (SSSR count). The fourth-order valence-corrected chi connectivity index (χ4v) is 12.8. The maximum absolute atomic E-state index is 2.52. The molecule has 0 radical (unpaired) electrons. The third kappa shape index (κ3) is 8.34. The van der Waals surface area contributed by atoms with Gasteiger partial charge in [0.15, 0.2) is 0 Å². The van der Waals surface area contributed by atoms with E-state index < -0.39 is 8.07 Å². The molecule has 0 atom stereocenters. The molecule has 0 N–H and O–H groups in total. The lowest BCUT2D eigenvalue weighted by Crippen LogP contribution is -2.54. The third-order valence-electron chi connectivity index (χ3n) is 13.3. The van der Waals surface area contributed by atoms with Gasteiger partial charge in [-0.1, -0.05) is 207 Å². The Balaban J connectivity index is 1.000. The Labute approximate surface area is 396 Å². The molecule has 0 amide bonds. The molecular formula is C64H50N2Si. The summed E-state index contributed by atoms with van der Waals surface area (Å²) in [4.78, 5) is 4.83. The Morgan fingerprint density at radius 3 is 0.716 bits per heavy atom. The fourth-order valence-electron chi connectivity index (χ4n) is 9.69. The van der Waals surface area contributed by atoms with Crippen molar-refractivity contribution < 1.29 is 0 Å². The quantitative estimate of drug-likeness (QED) is 0.126. The van der Waals surface area contributed by atoms with Crippen LogP contribution in [0.15, 0.2) is 255 Å². The average molecular weight is 875 g/mol. The van der Waals surface area contributed by atoms with Gasteiger partial charge in [0.05, 0.1) is 0 Å². The largest absolute Gasteiger partial charge is 0.311 e. The third-order valence-corrected chi connectivity index (χ3v) is 16.9. The molecule has 0 aromatic heterocycles. The van der Waals surface area contributed by atoms with Crippen LogP contribution in [0.4, 0.5) is 34.1 Å². The lowest BCUT2D eigenvalue weighted by molar-refractivity contribution is 1.28. The predicted octanol–water partition coefficient (Wildman–Crippen LogP) is 16.6. The van der Waals surface area contributed by atoms with Gasteiger partial charge in [-0.2, -0.15) is 0 Å². The summed E-state index contributed by atoms with van der Waals surface area (Å²) in [5.74, 6) is 0. The van der Waals surface area contributed by atoms with Crippen LogP contribution in [-0.4, -0.2) is 8.07 Å². The van der Waals surface area contributed by atoms with Crippen molar-refractivity contribution in [3.63, 3.8) is 0 Å². The molecule has 320 valence electrons. The van der Waals surface area contributed by atoms with Gasteiger partial charge in [0.2, 0.25) is 0 Å². The topological polar surface area (TPSA) is 6.48 Å². The first kappa shape index (κ1) is 41.5. The van der Waals surface area contributed by atoms with E-state index in [1.807, 2.05) is 0 Å². The predicted molar refractivity (Wildman–Crippen MR) is 290 cm³/mol. The molecule has 2 nitrogen and oxygen atoms in total. The van der Waals surface area contributed by atoms with E-state index in [2.05, 4.69) is 290 Å². The Morgan fingerprint density at radius 2 is 0.463 bits per heavy atom. The summed E-state index contributed by atoms with van der Waals surface area (Å²) >= 11 is 0. The molecule has 10 aromatic carbocycles. The molecular weight excluding hydrogens is 825 g/mol. The van der Waals surface area contributed by atoms with Crippen LogP contribution in [0.5, 0.6) is 0 Å². The summed E-state index contributed by atoms with van der Waals surface area (Å²) in [5.41, 5.74) is 19.0. The molecule has 0 saturated heterocycles. The number of benzene rings is 10. The van der Waals surface area contributed by atoms with Crippen LogP contribution < -0.4 is 20.2 Å². The SMILES string of the molecule is C[Si]1(C)c2cc(N(c3ccc(-c4ccccc4)cc3)c3ccc(-c4ccccc4)cc3)ccc2C=Cc2ccc(N(c3ccc(-c4ccccc4)cc3)c3ccc(-c4ccccc4)cc3)cc21. The van der Waals surface area contributed by atoms with Crippen molar-refractivity contribution >= 4 is 64.7 Å². The second kappa shape index (κ2) is 18.0. The van der Waals surface area contributed by atoms with E-state index in [4.69, 9.17) is 0 Å². The van der Waals surface area contributed by atoms with Gasteiger partial charge in [0, 0.05) is 34.1 Å². The number of hydrogen-bond acceptors (Lipinski definition) is 2. The fraction of sp³-hybridized carbons (Fsp3) is 0.0312. The molecule has 1 aliphatic rings. The van der Waals surface area contributed by atoms with E-state index in [1.165, 1.54) is 66.0 Å². The summed E-state index contributed by atoms with van der Waals surface area (Å²) in [5, 5.41) is 2.82. The van der Waals surface area contributed by atoms with Crippen molar-refractivity contribution in [3.05, 3.63) is 266 Å². The zero-order valence-corrected chi connectivity index (χ0v) is 38.8. The maximum atomic E-state index is 2.52. The van der Waals surface area contributed by atoms with Crippen LogP contribution >= 0.6 is 0 Å². The van der Waals surface area contributed by atoms with Crippen LogP contribution in [0.2, 0.25) is 13.1 Å². The van der Waals surface area contributed by atoms with Gasteiger partial charge < -0.3 is 9.80 Å². The van der Waals surface area contributed by atoms with Crippen molar-refractivity contribution in [2.75, 3.05) is 9.80 Å². The van der Waals surface area contributed by atoms with Crippen molar-refractivity contribution in [2.45, 2.75) is 13.1 Å². The molecule has 0 unspecified atom stereocenters. The lowest BCUT2D eigenvalue weighted by Gasteiger charge is -2.32. The molecule has 1 heterocycles. The number of fused-ring (bicyclic) bond motifs is 2. The second-order valence-electron chi connectivity index (χ2n) is 17.8. The summed E-state index contributed by atoms with van der Waals surface area (Å²) in [6, 6.07) is 92.8.